The van der Waals surface area contributed by atoms with Crippen molar-refractivity contribution in [1.29, 1.82) is 0 Å². The number of hydrogen-bond acceptors (Lipinski definition) is 3. The van der Waals surface area contributed by atoms with E-state index in [1.807, 2.05) is 0 Å². The molecular weight excluding hydrogens is 184 g/mol. The van der Waals surface area contributed by atoms with Gasteiger partial charge in [-0.25, -0.2) is 4.79 Å². The normalized spacial score (nSPS) is 12.9. The molecule has 2 aromatic rings. The third-order valence-electron chi connectivity index (χ3n) is 2.04. The van der Waals surface area contributed by atoms with Crippen LogP contribution >= 0.6 is 0 Å². The predicted octanol–water partition coefficient (Wildman–Crippen LogP) is 1.55. The van der Waals surface area contributed by atoms with Crippen molar-refractivity contribution in [3.63, 3.8) is 0 Å². The van der Waals surface area contributed by atoms with Gasteiger partial charge in [0.05, 0.1) is 6.26 Å². The summed E-state index contributed by atoms with van der Waals surface area (Å²) < 4.78 is 5.10. The lowest BCUT2D eigenvalue weighted by Gasteiger charge is -2.01. The summed E-state index contributed by atoms with van der Waals surface area (Å²) in [7, 11) is 0. The Morgan fingerprint density at radius 2 is 2.07 bits per heavy atom. The lowest BCUT2D eigenvalue weighted by molar-refractivity contribution is -0.146. The van der Waals surface area contributed by atoms with Crippen LogP contribution in [-0.4, -0.2) is 16.2 Å². The van der Waals surface area contributed by atoms with Gasteiger partial charge in [-0.3, -0.25) is 0 Å². The van der Waals surface area contributed by atoms with E-state index in [1.165, 1.54) is 6.26 Å². The minimum Gasteiger partial charge on any atom is -0.479 e. The first kappa shape index (κ1) is 8.77. The predicted molar refractivity (Wildman–Crippen MR) is 48.8 cm³/mol. The van der Waals surface area contributed by atoms with Gasteiger partial charge in [0.1, 0.15) is 5.58 Å². The van der Waals surface area contributed by atoms with E-state index in [-0.39, 0.29) is 5.56 Å². The highest BCUT2D eigenvalue weighted by Crippen LogP contribution is 2.26. The Labute approximate surface area is 79.4 Å². The molecule has 1 aromatic carbocycles. The number of fused-ring (bicyclic) bond motifs is 1. The number of aliphatic hydroxyl groups excluding tert-OH is 1. The van der Waals surface area contributed by atoms with Gasteiger partial charge in [-0.15, -0.1) is 0 Å². The van der Waals surface area contributed by atoms with Crippen LogP contribution in [0.2, 0.25) is 0 Å². The fraction of sp³-hybridized carbons (Fsp3) is 0.100. The Hall–Kier alpha value is -1.81. The molecule has 0 saturated carbocycles. The van der Waals surface area contributed by atoms with Gasteiger partial charge in [-0.05, 0) is 6.07 Å². The highest BCUT2D eigenvalue weighted by molar-refractivity contribution is 5.86. The maximum atomic E-state index is 10.5. The Balaban J connectivity index is 2.58. The monoisotopic (exact) mass is 192 g/mol. The van der Waals surface area contributed by atoms with Gasteiger partial charge in [-0.2, -0.15) is 0 Å². The lowest BCUT2D eigenvalue weighted by Crippen LogP contribution is -2.09. The zero-order chi connectivity index (χ0) is 10.1. The zero-order valence-electron chi connectivity index (χ0n) is 7.18. The van der Waals surface area contributed by atoms with Crippen molar-refractivity contribution >= 4 is 16.9 Å². The number of rotatable bonds is 2. The van der Waals surface area contributed by atoms with Gasteiger partial charge in [0.2, 0.25) is 0 Å². The first-order chi connectivity index (χ1) is 6.70. The first-order valence-corrected chi connectivity index (χ1v) is 4.07. The molecule has 14 heavy (non-hydrogen) atoms. The minimum absolute atomic E-state index is 0.285. The average molecular weight is 192 g/mol. The molecule has 0 saturated heterocycles. The van der Waals surface area contributed by atoms with Gasteiger partial charge in [0.25, 0.3) is 0 Å². The van der Waals surface area contributed by atoms with Gasteiger partial charge in [0, 0.05) is 10.9 Å². The second kappa shape index (κ2) is 3.16. The molecule has 4 heteroatoms. The highest BCUT2D eigenvalue weighted by atomic mass is 16.4. The Morgan fingerprint density at radius 3 is 2.79 bits per heavy atom. The quantitative estimate of drug-likeness (QED) is 0.757. The number of aliphatic hydroxyl groups is 1. The Morgan fingerprint density at radius 1 is 1.36 bits per heavy atom. The molecule has 0 aliphatic carbocycles. The minimum atomic E-state index is -1.53. The smallest absolute Gasteiger partial charge is 0.337 e. The van der Waals surface area contributed by atoms with Crippen molar-refractivity contribution in [1.82, 2.24) is 0 Å². The summed E-state index contributed by atoms with van der Waals surface area (Å²) in [4.78, 5) is 10.5. The molecule has 4 nitrogen and oxygen atoms in total. The van der Waals surface area contributed by atoms with E-state index in [1.54, 1.807) is 24.3 Å². The van der Waals surface area contributed by atoms with Crippen molar-refractivity contribution in [3.05, 3.63) is 36.1 Å². The van der Waals surface area contributed by atoms with E-state index in [2.05, 4.69) is 0 Å². The fourth-order valence-corrected chi connectivity index (χ4v) is 1.34. The standard InChI is InChI=1S/C10H8O4/c11-9(10(12)13)7-5-14-8-4-2-1-3-6(7)8/h1-5,9,11H,(H,12,13)/t9-/m0/s1. The second-order valence-electron chi connectivity index (χ2n) is 2.93. The average Bonchev–Trinajstić information content (AvgIpc) is 2.60. The number of carbonyl (C=O) groups is 1. The topological polar surface area (TPSA) is 70.7 Å². The molecule has 0 unspecified atom stereocenters. The molecule has 2 rings (SSSR count). The molecule has 0 amide bonds. The lowest BCUT2D eigenvalue weighted by atomic mass is 10.1. The van der Waals surface area contributed by atoms with E-state index in [0.29, 0.717) is 11.0 Å². The Bertz CT molecular complexity index is 472. The fourth-order valence-electron chi connectivity index (χ4n) is 1.34. The van der Waals surface area contributed by atoms with Crippen LogP contribution in [0.3, 0.4) is 0 Å². The molecule has 2 N–H and O–H groups in total. The first-order valence-electron chi connectivity index (χ1n) is 4.07. The third-order valence-corrected chi connectivity index (χ3v) is 2.04. The van der Waals surface area contributed by atoms with E-state index in [4.69, 9.17) is 9.52 Å². The molecule has 0 bridgehead atoms. The maximum absolute atomic E-state index is 10.5. The molecule has 1 heterocycles. The molecule has 1 atom stereocenters. The van der Waals surface area contributed by atoms with Crippen molar-refractivity contribution in [2.45, 2.75) is 6.10 Å². The number of carboxylic acids is 1. The van der Waals surface area contributed by atoms with Gasteiger partial charge in [0.15, 0.2) is 6.10 Å². The molecule has 0 spiro atoms. The molecule has 0 aliphatic heterocycles. The largest absolute Gasteiger partial charge is 0.479 e. The van der Waals surface area contributed by atoms with Crippen molar-refractivity contribution in [3.8, 4) is 0 Å². The summed E-state index contributed by atoms with van der Waals surface area (Å²) in [5.41, 5.74) is 0.857. The molecule has 1 aromatic heterocycles. The maximum Gasteiger partial charge on any atom is 0.337 e. The van der Waals surface area contributed by atoms with Gasteiger partial charge >= 0.3 is 5.97 Å². The molecule has 0 fully saturated rings. The van der Waals surface area contributed by atoms with Crippen LogP contribution in [0, 0.1) is 0 Å². The van der Waals surface area contributed by atoms with Crippen molar-refractivity contribution in [2.75, 3.05) is 0 Å². The molecule has 72 valence electrons. The van der Waals surface area contributed by atoms with E-state index >= 15 is 0 Å². The summed E-state index contributed by atoms with van der Waals surface area (Å²) in [6, 6.07) is 6.96. The molecule has 0 aliphatic rings. The summed E-state index contributed by atoms with van der Waals surface area (Å²) in [6.07, 6.45) is -0.262. The SMILES string of the molecule is O=C(O)[C@@H](O)c1coc2ccccc12. The van der Waals surface area contributed by atoms with Gasteiger partial charge in [-0.1, -0.05) is 18.2 Å². The number of furan rings is 1. The van der Waals surface area contributed by atoms with Crippen LogP contribution in [-0.2, 0) is 4.79 Å². The Kier molecular flexibility index (Phi) is 1.98. The highest BCUT2D eigenvalue weighted by Gasteiger charge is 2.20. The van der Waals surface area contributed by atoms with Crippen molar-refractivity contribution < 1.29 is 19.4 Å². The second-order valence-corrected chi connectivity index (χ2v) is 2.93. The molecular formula is C10H8O4. The van der Waals surface area contributed by atoms with Crippen LogP contribution in [0.15, 0.2) is 34.9 Å². The number of carboxylic acid groups (broad SMARTS) is 1. The van der Waals surface area contributed by atoms with Crippen LogP contribution in [0.1, 0.15) is 11.7 Å². The molecule has 0 radical (unpaired) electrons. The number of para-hydroxylation sites is 1. The van der Waals surface area contributed by atoms with Crippen LogP contribution in [0.25, 0.3) is 11.0 Å². The van der Waals surface area contributed by atoms with Crippen LogP contribution in [0.4, 0.5) is 0 Å². The number of hydrogen-bond donors (Lipinski definition) is 2. The number of aliphatic carboxylic acids is 1. The zero-order valence-corrected chi connectivity index (χ0v) is 7.18. The van der Waals surface area contributed by atoms with E-state index in [9.17, 15) is 9.90 Å². The van der Waals surface area contributed by atoms with Crippen LogP contribution < -0.4 is 0 Å². The summed E-state index contributed by atoms with van der Waals surface area (Å²) in [6.45, 7) is 0. The van der Waals surface area contributed by atoms with Gasteiger partial charge < -0.3 is 14.6 Å². The van der Waals surface area contributed by atoms with Crippen LogP contribution in [0.5, 0.6) is 0 Å². The summed E-state index contributed by atoms with van der Waals surface area (Å²) in [5.74, 6) is -1.28. The summed E-state index contributed by atoms with van der Waals surface area (Å²) >= 11 is 0. The third kappa shape index (κ3) is 1.25. The van der Waals surface area contributed by atoms with Crippen molar-refractivity contribution in [2.24, 2.45) is 0 Å². The number of benzene rings is 1. The van der Waals surface area contributed by atoms with E-state index in [0.717, 1.165) is 0 Å². The van der Waals surface area contributed by atoms with E-state index < -0.39 is 12.1 Å². The summed E-state index contributed by atoms with van der Waals surface area (Å²) in [5, 5.41) is 18.6.